The number of benzene rings is 2. The molecule has 1 saturated heterocycles. The molecule has 1 N–H and O–H groups in total. The fraction of sp³-hybridized carbons (Fsp3) is 0.348. The highest BCUT2D eigenvalue weighted by Gasteiger charge is 2.18. The Labute approximate surface area is 161 Å². The van der Waals surface area contributed by atoms with Gasteiger partial charge in [-0.05, 0) is 44.2 Å². The van der Waals surface area contributed by atoms with E-state index in [0.717, 1.165) is 18.8 Å². The van der Waals surface area contributed by atoms with E-state index in [-0.39, 0.29) is 0 Å². The van der Waals surface area contributed by atoms with Crippen LogP contribution >= 0.6 is 0 Å². The van der Waals surface area contributed by atoms with E-state index in [1.54, 1.807) is 4.90 Å². The predicted molar refractivity (Wildman–Crippen MR) is 115 cm³/mol. The van der Waals surface area contributed by atoms with E-state index in [4.69, 9.17) is 4.99 Å². The van der Waals surface area contributed by atoms with E-state index in [0.29, 0.717) is 0 Å². The molecule has 0 radical (unpaired) electrons. The van der Waals surface area contributed by atoms with Crippen molar-refractivity contribution in [3.8, 4) is 0 Å². The van der Waals surface area contributed by atoms with Gasteiger partial charge in [0, 0.05) is 41.1 Å². The summed E-state index contributed by atoms with van der Waals surface area (Å²) in [4.78, 5) is 8.95. The largest absolute Gasteiger partial charge is 0.360 e. The molecular formula is C23H29N4+. The van der Waals surface area contributed by atoms with E-state index in [2.05, 4.69) is 78.9 Å². The first-order chi connectivity index (χ1) is 13.2. The van der Waals surface area contributed by atoms with Crippen LogP contribution in [0, 0.1) is 6.92 Å². The molecule has 0 atom stereocenters. The number of aryl methyl sites for hydroxylation is 1. The zero-order valence-electron chi connectivity index (χ0n) is 16.6. The number of fused-ring (bicyclic) bond motifs is 1. The van der Waals surface area contributed by atoms with Crippen LogP contribution in [0.3, 0.4) is 0 Å². The van der Waals surface area contributed by atoms with Gasteiger partial charge in [-0.15, -0.1) is 0 Å². The quantitative estimate of drug-likeness (QED) is 0.710. The number of anilines is 1. The van der Waals surface area contributed by atoms with E-state index < -0.39 is 0 Å². The van der Waals surface area contributed by atoms with Crippen molar-refractivity contribution >= 4 is 28.5 Å². The zero-order valence-corrected chi connectivity index (χ0v) is 16.6. The molecule has 1 aliphatic rings. The Morgan fingerprint density at radius 3 is 2.44 bits per heavy atom. The van der Waals surface area contributed by atoms with Crippen molar-refractivity contribution < 1.29 is 4.90 Å². The number of hydrogen-bond donors (Lipinski definition) is 1. The molecule has 140 valence electrons. The van der Waals surface area contributed by atoms with Crippen molar-refractivity contribution in [1.82, 2.24) is 4.57 Å². The smallest absolute Gasteiger partial charge is 0.0949 e. The first-order valence-electron chi connectivity index (χ1n) is 9.94. The van der Waals surface area contributed by atoms with Gasteiger partial charge in [-0.1, -0.05) is 18.2 Å². The maximum Gasteiger partial charge on any atom is 0.0949 e. The van der Waals surface area contributed by atoms with Crippen LogP contribution in [0.1, 0.15) is 18.2 Å². The van der Waals surface area contributed by atoms with Crippen LogP contribution in [0.4, 0.5) is 11.4 Å². The third-order valence-corrected chi connectivity index (χ3v) is 5.98. The summed E-state index contributed by atoms with van der Waals surface area (Å²) in [6.45, 7) is 10.4. The lowest BCUT2D eigenvalue weighted by molar-refractivity contribution is -0.898. The Morgan fingerprint density at radius 2 is 1.74 bits per heavy atom. The molecule has 0 bridgehead atoms. The molecule has 0 spiro atoms. The highest BCUT2D eigenvalue weighted by atomic mass is 15.3. The molecule has 1 aliphatic heterocycles. The summed E-state index contributed by atoms with van der Waals surface area (Å²) in [6, 6.07) is 17.2. The average Bonchev–Trinajstić information content (AvgIpc) is 2.97. The Balaban J connectivity index is 1.52. The van der Waals surface area contributed by atoms with Gasteiger partial charge in [-0.2, -0.15) is 0 Å². The summed E-state index contributed by atoms with van der Waals surface area (Å²) < 4.78 is 2.23. The number of nitrogens with zero attached hydrogens (tertiary/aromatic N) is 3. The number of hydrogen-bond acceptors (Lipinski definition) is 2. The molecule has 3 aromatic rings. The Bertz CT molecular complexity index is 944. The van der Waals surface area contributed by atoms with Gasteiger partial charge in [0.25, 0.3) is 0 Å². The maximum atomic E-state index is 4.75. The number of rotatable bonds is 4. The van der Waals surface area contributed by atoms with Gasteiger partial charge in [0.1, 0.15) is 0 Å². The molecule has 4 nitrogen and oxygen atoms in total. The van der Waals surface area contributed by atoms with Gasteiger partial charge >= 0.3 is 0 Å². The highest BCUT2D eigenvalue weighted by Crippen LogP contribution is 2.25. The molecule has 1 fully saturated rings. The number of piperazine rings is 1. The predicted octanol–water partition coefficient (Wildman–Crippen LogP) is 2.96. The van der Waals surface area contributed by atoms with Gasteiger partial charge in [-0.3, -0.25) is 4.99 Å². The van der Waals surface area contributed by atoms with E-state index >= 15 is 0 Å². The molecule has 0 aliphatic carbocycles. The minimum Gasteiger partial charge on any atom is -0.360 e. The van der Waals surface area contributed by atoms with Gasteiger partial charge in [0.05, 0.1) is 38.4 Å². The number of quaternary nitrogens is 1. The van der Waals surface area contributed by atoms with Crippen molar-refractivity contribution in [2.75, 3.05) is 37.6 Å². The summed E-state index contributed by atoms with van der Waals surface area (Å²) in [7, 11) is 2.11. The van der Waals surface area contributed by atoms with Gasteiger partial charge in [-0.25, -0.2) is 0 Å². The second-order valence-corrected chi connectivity index (χ2v) is 7.44. The lowest BCUT2D eigenvalue weighted by atomic mass is 10.1. The van der Waals surface area contributed by atoms with Crippen LogP contribution in [0.25, 0.3) is 10.9 Å². The fourth-order valence-electron chi connectivity index (χ4n) is 4.04. The molecule has 0 saturated carbocycles. The third-order valence-electron chi connectivity index (χ3n) is 5.98. The zero-order chi connectivity index (χ0) is 18.8. The van der Waals surface area contributed by atoms with Crippen LogP contribution in [0.15, 0.2) is 53.5 Å². The van der Waals surface area contributed by atoms with E-state index in [1.165, 1.54) is 47.5 Å². The number of aromatic nitrogens is 1. The normalized spacial score (nSPS) is 15.9. The Morgan fingerprint density at radius 1 is 1.04 bits per heavy atom. The van der Waals surface area contributed by atoms with Gasteiger partial charge in [0.2, 0.25) is 0 Å². The standard InChI is InChI=1S/C23H28N4/c1-4-26-13-15-27(16-14-26)20-11-9-19(10-12-20)24-17-22-18(2)25(3)23-8-6-5-7-21(22)23/h5-12,17H,4,13-16H2,1-3H3/p+1. The topological polar surface area (TPSA) is 25.0 Å². The van der Waals surface area contributed by atoms with Crippen molar-refractivity contribution in [2.45, 2.75) is 13.8 Å². The first-order valence-corrected chi connectivity index (χ1v) is 9.94. The summed E-state index contributed by atoms with van der Waals surface area (Å²) in [5.41, 5.74) is 6.01. The van der Waals surface area contributed by atoms with Crippen molar-refractivity contribution in [3.05, 3.63) is 59.8 Å². The third kappa shape index (κ3) is 3.50. The van der Waals surface area contributed by atoms with Crippen LogP contribution in [0.5, 0.6) is 0 Å². The molecule has 2 heterocycles. The second-order valence-electron chi connectivity index (χ2n) is 7.44. The summed E-state index contributed by atoms with van der Waals surface area (Å²) in [5, 5.41) is 1.26. The lowest BCUT2D eigenvalue weighted by Gasteiger charge is -2.33. The van der Waals surface area contributed by atoms with E-state index in [1.807, 2.05) is 6.21 Å². The molecule has 1 aromatic heterocycles. The number of likely N-dealkylation sites (N-methyl/N-ethyl adjacent to an activating group) is 1. The average molecular weight is 362 g/mol. The highest BCUT2D eigenvalue weighted by molar-refractivity contribution is 6.01. The summed E-state index contributed by atoms with van der Waals surface area (Å²) in [6.07, 6.45) is 2.01. The number of nitrogens with one attached hydrogen (secondary N) is 1. The molecule has 0 amide bonds. The lowest BCUT2D eigenvalue weighted by Crippen LogP contribution is -3.14. The first kappa shape index (κ1) is 17.8. The maximum absolute atomic E-state index is 4.75. The molecule has 4 rings (SSSR count). The fourth-order valence-corrected chi connectivity index (χ4v) is 4.04. The van der Waals surface area contributed by atoms with Crippen LogP contribution < -0.4 is 9.80 Å². The number of aliphatic imine (C=N–C) groups is 1. The molecule has 27 heavy (non-hydrogen) atoms. The van der Waals surface area contributed by atoms with Crippen LogP contribution in [-0.2, 0) is 7.05 Å². The van der Waals surface area contributed by atoms with E-state index in [9.17, 15) is 0 Å². The Hall–Kier alpha value is -2.59. The van der Waals surface area contributed by atoms with Crippen molar-refractivity contribution in [3.63, 3.8) is 0 Å². The Kier molecular flexibility index (Phi) is 4.99. The molecular weight excluding hydrogens is 332 g/mol. The summed E-state index contributed by atoms with van der Waals surface area (Å²) in [5.74, 6) is 0. The molecule has 4 heteroatoms. The minimum atomic E-state index is 1.00. The number of para-hydroxylation sites is 1. The summed E-state index contributed by atoms with van der Waals surface area (Å²) >= 11 is 0. The second kappa shape index (κ2) is 7.57. The van der Waals surface area contributed by atoms with Crippen LogP contribution in [-0.4, -0.2) is 43.5 Å². The van der Waals surface area contributed by atoms with Crippen LogP contribution in [0.2, 0.25) is 0 Å². The molecule has 2 aromatic carbocycles. The van der Waals surface area contributed by atoms with Crippen molar-refractivity contribution in [1.29, 1.82) is 0 Å². The van der Waals surface area contributed by atoms with Gasteiger partial charge in [0.15, 0.2) is 0 Å². The monoisotopic (exact) mass is 361 g/mol. The van der Waals surface area contributed by atoms with Gasteiger partial charge < -0.3 is 14.4 Å². The molecule has 0 unspecified atom stereocenters. The SMILES string of the molecule is CC[NH+]1CCN(c2ccc(N=Cc3c(C)n(C)c4ccccc34)cc2)CC1. The van der Waals surface area contributed by atoms with Crippen molar-refractivity contribution in [2.24, 2.45) is 12.0 Å². The minimum absolute atomic E-state index is 1.00.